The van der Waals surface area contributed by atoms with Gasteiger partial charge in [-0.2, -0.15) is 0 Å². The molecule has 0 fully saturated rings. The Balaban J connectivity index is 1.83. The molecule has 6 nitrogen and oxygen atoms in total. The van der Waals surface area contributed by atoms with Crippen LogP contribution in [-0.4, -0.2) is 23.0 Å². The first-order valence-electron chi connectivity index (χ1n) is 8.69. The van der Waals surface area contributed by atoms with Crippen LogP contribution in [0.4, 0.5) is 5.69 Å². The SMILES string of the molecule is NC(=O)c1c[c]ccc1-c1ccccc1NC(=O)C(N)Cc1ccc(O)cc1. The van der Waals surface area contributed by atoms with Gasteiger partial charge in [-0.25, -0.2) is 0 Å². The molecule has 0 aliphatic heterocycles. The van der Waals surface area contributed by atoms with Crippen LogP contribution in [-0.2, 0) is 11.2 Å². The minimum absolute atomic E-state index is 0.154. The van der Waals surface area contributed by atoms with Gasteiger partial charge in [0.1, 0.15) is 5.75 Å². The third-order valence-corrected chi connectivity index (χ3v) is 4.33. The Morgan fingerprint density at radius 1 is 1.04 bits per heavy atom. The fourth-order valence-corrected chi connectivity index (χ4v) is 2.90. The van der Waals surface area contributed by atoms with E-state index in [2.05, 4.69) is 11.4 Å². The lowest BCUT2D eigenvalue weighted by Crippen LogP contribution is -2.37. The molecule has 1 atom stereocenters. The second kappa shape index (κ2) is 8.37. The van der Waals surface area contributed by atoms with Crippen LogP contribution in [0.15, 0.2) is 66.7 Å². The average molecular weight is 374 g/mol. The van der Waals surface area contributed by atoms with Crippen LogP contribution < -0.4 is 16.8 Å². The van der Waals surface area contributed by atoms with Gasteiger partial charge in [-0.15, -0.1) is 0 Å². The van der Waals surface area contributed by atoms with Gasteiger partial charge in [0.05, 0.1) is 6.04 Å². The number of phenolic OH excluding ortho intramolecular Hbond substituents is 1. The molecule has 0 aromatic heterocycles. The summed E-state index contributed by atoms with van der Waals surface area (Å²) in [5.41, 5.74) is 14.5. The number of nitrogens with one attached hydrogen (secondary N) is 1. The maximum atomic E-state index is 12.6. The second-order valence-corrected chi connectivity index (χ2v) is 6.35. The van der Waals surface area contributed by atoms with Crippen molar-refractivity contribution in [3.8, 4) is 16.9 Å². The van der Waals surface area contributed by atoms with E-state index in [4.69, 9.17) is 11.5 Å². The summed E-state index contributed by atoms with van der Waals surface area (Å²) in [5, 5.41) is 12.2. The topological polar surface area (TPSA) is 118 Å². The molecule has 6 N–H and O–H groups in total. The summed E-state index contributed by atoms with van der Waals surface area (Å²) < 4.78 is 0. The van der Waals surface area contributed by atoms with Crippen LogP contribution in [0.3, 0.4) is 0 Å². The molecule has 3 aromatic carbocycles. The number of carbonyl (C=O) groups is 2. The van der Waals surface area contributed by atoms with Crippen molar-refractivity contribution in [3.05, 3.63) is 83.9 Å². The minimum atomic E-state index is -0.780. The van der Waals surface area contributed by atoms with E-state index in [0.717, 1.165) is 5.56 Å². The quantitative estimate of drug-likeness (QED) is 0.530. The average Bonchev–Trinajstić information content (AvgIpc) is 2.70. The number of aromatic hydroxyl groups is 1. The molecule has 0 heterocycles. The number of anilines is 1. The molecule has 141 valence electrons. The molecule has 0 bridgehead atoms. The number of rotatable bonds is 6. The molecular weight excluding hydrogens is 354 g/mol. The predicted octanol–water partition coefficient (Wildman–Crippen LogP) is 2.47. The highest BCUT2D eigenvalue weighted by atomic mass is 16.3. The lowest BCUT2D eigenvalue weighted by molar-refractivity contribution is -0.117. The highest BCUT2D eigenvalue weighted by Crippen LogP contribution is 2.30. The number of hydrogen-bond donors (Lipinski definition) is 4. The Bertz CT molecular complexity index is 1000. The van der Waals surface area contributed by atoms with Crippen molar-refractivity contribution in [1.29, 1.82) is 0 Å². The van der Waals surface area contributed by atoms with Gasteiger partial charge in [-0.1, -0.05) is 42.5 Å². The predicted molar refractivity (Wildman–Crippen MR) is 108 cm³/mol. The van der Waals surface area contributed by atoms with Gasteiger partial charge < -0.3 is 21.9 Å². The van der Waals surface area contributed by atoms with Crippen LogP contribution in [0.5, 0.6) is 5.75 Å². The number of para-hydroxylation sites is 1. The van der Waals surface area contributed by atoms with Crippen LogP contribution >= 0.6 is 0 Å². The molecule has 28 heavy (non-hydrogen) atoms. The first-order chi connectivity index (χ1) is 13.5. The first-order valence-corrected chi connectivity index (χ1v) is 8.69. The van der Waals surface area contributed by atoms with Crippen LogP contribution in [0.1, 0.15) is 15.9 Å². The number of hydrogen-bond acceptors (Lipinski definition) is 4. The zero-order valence-corrected chi connectivity index (χ0v) is 15.1. The minimum Gasteiger partial charge on any atom is -0.508 e. The molecule has 0 aliphatic rings. The Labute approximate surface area is 162 Å². The summed E-state index contributed by atoms with van der Waals surface area (Å²) in [7, 11) is 0. The Kier molecular flexibility index (Phi) is 5.72. The van der Waals surface area contributed by atoms with Crippen molar-refractivity contribution in [1.82, 2.24) is 0 Å². The zero-order valence-electron chi connectivity index (χ0n) is 15.1. The van der Waals surface area contributed by atoms with Crippen molar-refractivity contribution in [2.75, 3.05) is 5.32 Å². The number of nitrogens with two attached hydrogens (primary N) is 2. The number of phenols is 1. The van der Waals surface area contributed by atoms with Crippen LogP contribution in [0, 0.1) is 6.07 Å². The molecule has 3 aromatic rings. The van der Waals surface area contributed by atoms with Gasteiger partial charge in [0.25, 0.3) is 0 Å². The monoisotopic (exact) mass is 374 g/mol. The molecule has 0 saturated carbocycles. The first kappa shape index (κ1) is 19.1. The van der Waals surface area contributed by atoms with Crippen molar-refractivity contribution < 1.29 is 14.7 Å². The van der Waals surface area contributed by atoms with Gasteiger partial charge in [0.15, 0.2) is 0 Å². The lowest BCUT2D eigenvalue weighted by atomic mass is 9.97. The van der Waals surface area contributed by atoms with E-state index >= 15 is 0 Å². The summed E-state index contributed by atoms with van der Waals surface area (Å²) in [5.74, 6) is -0.776. The summed E-state index contributed by atoms with van der Waals surface area (Å²) in [6.07, 6.45) is 0.321. The molecule has 0 spiro atoms. The Hall–Kier alpha value is -3.64. The fourth-order valence-electron chi connectivity index (χ4n) is 2.90. The highest BCUT2D eigenvalue weighted by molar-refractivity contribution is 6.04. The molecule has 6 heteroatoms. The van der Waals surface area contributed by atoms with E-state index in [9.17, 15) is 14.7 Å². The number of primary amides is 1. The number of amides is 2. The normalized spacial score (nSPS) is 11.6. The van der Waals surface area contributed by atoms with E-state index in [1.807, 2.05) is 6.07 Å². The van der Waals surface area contributed by atoms with Crippen LogP contribution in [0.2, 0.25) is 0 Å². The van der Waals surface area contributed by atoms with Crippen molar-refractivity contribution in [2.45, 2.75) is 12.5 Å². The fraction of sp³-hybridized carbons (Fsp3) is 0.0909. The Morgan fingerprint density at radius 2 is 1.75 bits per heavy atom. The standard InChI is InChI=1S/C22H20N3O3/c23-19(13-14-9-11-15(26)12-10-14)22(28)25-20-8-4-3-6-17(20)16-5-1-2-7-18(16)21(24)27/h1,3-12,19,26H,13,23H2,(H2,24,27)(H,25,28). The van der Waals surface area contributed by atoms with Crippen molar-refractivity contribution in [2.24, 2.45) is 11.5 Å². The lowest BCUT2D eigenvalue weighted by Gasteiger charge is -2.16. The van der Waals surface area contributed by atoms with E-state index < -0.39 is 11.9 Å². The van der Waals surface area contributed by atoms with Gasteiger partial charge in [-0.3, -0.25) is 9.59 Å². The summed E-state index contributed by atoms with van der Waals surface area (Å²) in [6, 6.07) is 20.6. The zero-order chi connectivity index (χ0) is 20.1. The van der Waals surface area contributed by atoms with Gasteiger partial charge in [0, 0.05) is 16.8 Å². The largest absolute Gasteiger partial charge is 0.508 e. The van der Waals surface area contributed by atoms with Gasteiger partial charge >= 0.3 is 0 Å². The number of carbonyl (C=O) groups excluding carboxylic acids is 2. The molecule has 3 rings (SSSR count). The van der Waals surface area contributed by atoms with E-state index in [0.29, 0.717) is 28.8 Å². The third-order valence-electron chi connectivity index (χ3n) is 4.33. The molecule has 1 unspecified atom stereocenters. The molecular formula is C22H20N3O3. The van der Waals surface area contributed by atoms with E-state index in [-0.39, 0.29) is 11.7 Å². The van der Waals surface area contributed by atoms with E-state index in [1.165, 1.54) is 6.07 Å². The van der Waals surface area contributed by atoms with Gasteiger partial charge in [0.2, 0.25) is 11.8 Å². The third kappa shape index (κ3) is 4.36. The molecule has 2 amide bonds. The number of benzene rings is 3. The van der Waals surface area contributed by atoms with E-state index in [1.54, 1.807) is 54.6 Å². The second-order valence-electron chi connectivity index (χ2n) is 6.35. The maximum absolute atomic E-state index is 12.6. The summed E-state index contributed by atoms with van der Waals surface area (Å²) in [4.78, 5) is 24.3. The molecule has 0 aliphatic carbocycles. The summed E-state index contributed by atoms with van der Waals surface area (Å²) in [6.45, 7) is 0. The smallest absolute Gasteiger partial charge is 0.249 e. The van der Waals surface area contributed by atoms with Crippen molar-refractivity contribution >= 4 is 17.5 Å². The highest BCUT2D eigenvalue weighted by Gasteiger charge is 2.18. The summed E-state index contributed by atoms with van der Waals surface area (Å²) >= 11 is 0. The maximum Gasteiger partial charge on any atom is 0.249 e. The molecule has 0 saturated heterocycles. The Morgan fingerprint density at radius 3 is 2.46 bits per heavy atom. The molecule has 1 radical (unpaired) electrons. The van der Waals surface area contributed by atoms with Crippen molar-refractivity contribution in [3.63, 3.8) is 0 Å². The van der Waals surface area contributed by atoms with Gasteiger partial charge in [-0.05, 0) is 47.9 Å². The van der Waals surface area contributed by atoms with Crippen LogP contribution in [0.25, 0.3) is 11.1 Å².